The van der Waals surface area contributed by atoms with E-state index in [2.05, 4.69) is 5.32 Å². The van der Waals surface area contributed by atoms with Crippen molar-refractivity contribution in [3.8, 4) is 0 Å². The van der Waals surface area contributed by atoms with Crippen molar-refractivity contribution < 1.29 is 14.5 Å². The Bertz CT molecular complexity index is 547. The van der Waals surface area contributed by atoms with Crippen LogP contribution in [-0.4, -0.2) is 55.5 Å². The molecule has 1 aromatic carbocycles. The maximum atomic E-state index is 12.4. The van der Waals surface area contributed by atoms with Gasteiger partial charge in [0.25, 0.3) is 11.8 Å². The minimum Gasteiger partial charge on any atom is -0.348 e. The molecular formula is C19H28N3O2+. The lowest BCUT2D eigenvalue weighted by atomic mass is 9.95. The van der Waals surface area contributed by atoms with Gasteiger partial charge in [0, 0.05) is 11.6 Å². The van der Waals surface area contributed by atoms with E-state index in [0.29, 0.717) is 12.6 Å². The van der Waals surface area contributed by atoms with Crippen molar-refractivity contribution in [2.45, 2.75) is 38.1 Å². The minimum atomic E-state index is 0.0984. The fourth-order valence-corrected chi connectivity index (χ4v) is 3.72. The van der Waals surface area contributed by atoms with Crippen LogP contribution in [0.1, 0.15) is 42.5 Å². The van der Waals surface area contributed by atoms with Crippen LogP contribution < -0.4 is 10.2 Å². The predicted octanol–water partition coefficient (Wildman–Crippen LogP) is 0.476. The third kappa shape index (κ3) is 4.57. The van der Waals surface area contributed by atoms with Crippen molar-refractivity contribution in [1.29, 1.82) is 0 Å². The quantitative estimate of drug-likeness (QED) is 0.844. The number of carbonyl (C=O) groups excluding carboxylic acids is 2. The molecule has 0 aromatic heterocycles. The molecule has 5 nitrogen and oxygen atoms in total. The number of hydrogen-bond donors (Lipinski definition) is 2. The standard InChI is InChI=1S/C19H27N3O2/c23-18(20-17-9-5-2-6-10-17)15-21-11-13-22(14-12-21)19(24)16-7-3-1-4-8-16/h1,3-4,7-8,17H,2,5-6,9-15H2,(H,20,23)/p+1. The summed E-state index contributed by atoms with van der Waals surface area (Å²) < 4.78 is 0. The van der Waals surface area contributed by atoms with Gasteiger partial charge >= 0.3 is 0 Å². The van der Waals surface area contributed by atoms with Gasteiger partial charge in [-0.2, -0.15) is 0 Å². The van der Waals surface area contributed by atoms with Gasteiger partial charge in [-0.05, 0) is 25.0 Å². The molecule has 0 atom stereocenters. The minimum absolute atomic E-state index is 0.0984. The van der Waals surface area contributed by atoms with Crippen LogP contribution in [0.5, 0.6) is 0 Å². The predicted molar refractivity (Wildman–Crippen MR) is 92.9 cm³/mol. The number of benzene rings is 1. The molecule has 5 heteroatoms. The number of hydrogen-bond acceptors (Lipinski definition) is 2. The zero-order chi connectivity index (χ0) is 16.8. The monoisotopic (exact) mass is 330 g/mol. The second kappa shape index (κ2) is 8.29. The third-order valence-electron chi connectivity index (χ3n) is 5.16. The van der Waals surface area contributed by atoms with E-state index in [9.17, 15) is 9.59 Å². The first-order chi connectivity index (χ1) is 11.7. The van der Waals surface area contributed by atoms with Crippen LogP contribution in [-0.2, 0) is 4.79 Å². The summed E-state index contributed by atoms with van der Waals surface area (Å²) in [4.78, 5) is 27.8. The van der Waals surface area contributed by atoms with Crippen LogP contribution in [0, 0.1) is 0 Å². The van der Waals surface area contributed by atoms with Crippen LogP contribution in [0.25, 0.3) is 0 Å². The molecule has 0 bridgehead atoms. The average Bonchev–Trinajstić information content (AvgIpc) is 2.63. The van der Waals surface area contributed by atoms with Gasteiger partial charge in [0.05, 0.1) is 26.2 Å². The highest BCUT2D eigenvalue weighted by molar-refractivity contribution is 5.94. The van der Waals surface area contributed by atoms with E-state index < -0.39 is 0 Å². The lowest BCUT2D eigenvalue weighted by molar-refractivity contribution is -0.896. The lowest BCUT2D eigenvalue weighted by Crippen LogP contribution is -3.15. The van der Waals surface area contributed by atoms with Crippen LogP contribution in [0.3, 0.4) is 0 Å². The van der Waals surface area contributed by atoms with Gasteiger partial charge in [-0.3, -0.25) is 9.59 Å². The molecule has 1 saturated heterocycles. The molecule has 1 aliphatic carbocycles. The van der Waals surface area contributed by atoms with E-state index in [0.717, 1.165) is 44.6 Å². The summed E-state index contributed by atoms with van der Waals surface area (Å²) in [5.41, 5.74) is 0.746. The van der Waals surface area contributed by atoms with Crippen LogP contribution >= 0.6 is 0 Å². The fourth-order valence-electron chi connectivity index (χ4n) is 3.72. The number of carbonyl (C=O) groups is 2. The number of piperazine rings is 1. The van der Waals surface area contributed by atoms with Gasteiger partial charge in [-0.15, -0.1) is 0 Å². The Morgan fingerprint density at radius 2 is 1.71 bits per heavy atom. The second-order valence-electron chi connectivity index (χ2n) is 6.99. The van der Waals surface area contributed by atoms with E-state index in [4.69, 9.17) is 0 Å². The van der Waals surface area contributed by atoms with Crippen molar-refractivity contribution in [2.75, 3.05) is 32.7 Å². The van der Waals surface area contributed by atoms with E-state index in [1.807, 2.05) is 35.2 Å². The molecule has 0 radical (unpaired) electrons. The summed E-state index contributed by atoms with van der Waals surface area (Å²) in [6.07, 6.45) is 6.02. The van der Waals surface area contributed by atoms with Crippen molar-refractivity contribution in [2.24, 2.45) is 0 Å². The van der Waals surface area contributed by atoms with Gasteiger partial charge in [0.1, 0.15) is 0 Å². The molecule has 3 rings (SSSR count). The van der Waals surface area contributed by atoms with Crippen LogP contribution in [0.4, 0.5) is 0 Å². The van der Waals surface area contributed by atoms with Crippen molar-refractivity contribution in [3.63, 3.8) is 0 Å². The summed E-state index contributed by atoms with van der Waals surface area (Å²) >= 11 is 0. The number of nitrogens with zero attached hydrogens (tertiary/aromatic N) is 1. The van der Waals surface area contributed by atoms with Crippen LogP contribution in [0.2, 0.25) is 0 Å². The Hall–Kier alpha value is -1.88. The van der Waals surface area contributed by atoms with Gasteiger partial charge in [-0.1, -0.05) is 37.5 Å². The first-order valence-corrected chi connectivity index (χ1v) is 9.19. The Morgan fingerprint density at radius 3 is 2.38 bits per heavy atom. The van der Waals surface area contributed by atoms with Gasteiger partial charge in [0.2, 0.25) is 0 Å². The Balaban J connectivity index is 1.41. The fraction of sp³-hybridized carbons (Fsp3) is 0.579. The molecule has 2 aliphatic rings. The van der Waals surface area contributed by atoms with Crippen molar-refractivity contribution in [3.05, 3.63) is 35.9 Å². The van der Waals surface area contributed by atoms with Crippen LogP contribution in [0.15, 0.2) is 30.3 Å². The molecule has 130 valence electrons. The number of nitrogens with one attached hydrogen (secondary N) is 2. The number of rotatable bonds is 4. The first kappa shape index (κ1) is 17.0. The van der Waals surface area contributed by atoms with E-state index in [1.54, 1.807) is 0 Å². The van der Waals surface area contributed by atoms with Crippen molar-refractivity contribution >= 4 is 11.8 Å². The first-order valence-electron chi connectivity index (χ1n) is 9.19. The Kier molecular flexibility index (Phi) is 5.86. The summed E-state index contributed by atoms with van der Waals surface area (Å²) in [6, 6.07) is 9.81. The van der Waals surface area contributed by atoms with Crippen molar-refractivity contribution in [1.82, 2.24) is 10.2 Å². The van der Waals surface area contributed by atoms with Gasteiger partial charge < -0.3 is 15.1 Å². The maximum absolute atomic E-state index is 12.4. The molecule has 2 fully saturated rings. The molecule has 1 aromatic rings. The molecule has 1 saturated carbocycles. The molecule has 24 heavy (non-hydrogen) atoms. The largest absolute Gasteiger partial charge is 0.348 e. The Morgan fingerprint density at radius 1 is 1.04 bits per heavy atom. The average molecular weight is 330 g/mol. The lowest BCUT2D eigenvalue weighted by Gasteiger charge is -2.32. The highest BCUT2D eigenvalue weighted by atomic mass is 16.2. The number of amides is 2. The highest BCUT2D eigenvalue weighted by Gasteiger charge is 2.26. The van der Waals surface area contributed by atoms with Gasteiger partial charge in [0.15, 0.2) is 6.54 Å². The zero-order valence-corrected chi connectivity index (χ0v) is 14.3. The highest BCUT2D eigenvalue weighted by Crippen LogP contribution is 2.17. The SMILES string of the molecule is O=C(C[NH+]1CCN(C(=O)c2ccccc2)CC1)NC1CCCCC1. The second-order valence-corrected chi connectivity index (χ2v) is 6.99. The molecule has 0 unspecified atom stereocenters. The van der Waals surface area contributed by atoms with E-state index in [1.165, 1.54) is 24.2 Å². The topological polar surface area (TPSA) is 53.9 Å². The third-order valence-corrected chi connectivity index (χ3v) is 5.16. The summed E-state index contributed by atoms with van der Waals surface area (Å²) in [5, 5.41) is 3.19. The maximum Gasteiger partial charge on any atom is 0.275 e. The summed E-state index contributed by atoms with van der Waals surface area (Å²) in [6.45, 7) is 3.66. The molecular weight excluding hydrogens is 302 g/mol. The molecule has 1 heterocycles. The van der Waals surface area contributed by atoms with E-state index in [-0.39, 0.29) is 11.8 Å². The normalized spacial score (nSPS) is 19.9. The molecule has 0 spiro atoms. The summed E-state index contributed by atoms with van der Waals surface area (Å²) in [5.74, 6) is 0.265. The Labute approximate surface area is 144 Å². The van der Waals surface area contributed by atoms with Gasteiger partial charge in [-0.25, -0.2) is 0 Å². The summed E-state index contributed by atoms with van der Waals surface area (Å²) in [7, 11) is 0. The molecule has 2 N–H and O–H groups in total. The zero-order valence-electron chi connectivity index (χ0n) is 14.3. The van der Waals surface area contributed by atoms with E-state index >= 15 is 0 Å². The smallest absolute Gasteiger partial charge is 0.275 e. The molecule has 2 amide bonds. The molecule has 1 aliphatic heterocycles. The number of quaternary nitrogens is 1.